The van der Waals surface area contributed by atoms with Gasteiger partial charge in [0.25, 0.3) is 5.91 Å². The van der Waals surface area contributed by atoms with Crippen molar-refractivity contribution in [2.45, 2.75) is 83.0 Å². The van der Waals surface area contributed by atoms with Crippen LogP contribution in [0.2, 0.25) is 0 Å². The Morgan fingerprint density at radius 1 is 1.15 bits per heavy atom. The Kier molecular flexibility index (Phi) is 8.45. The average Bonchev–Trinajstić information content (AvgIpc) is 3.69. The number of fused-ring (bicyclic) bond motifs is 5. The van der Waals surface area contributed by atoms with Gasteiger partial charge in [-0.15, -0.1) is 5.92 Å². The molecular formula is C37H40F4N8O3. The second-order valence-corrected chi connectivity index (χ2v) is 14.5. The minimum absolute atomic E-state index is 0.0892. The Morgan fingerprint density at radius 2 is 1.98 bits per heavy atom. The summed E-state index contributed by atoms with van der Waals surface area (Å²) >= 11 is 0. The monoisotopic (exact) mass is 720 g/mol. The third-order valence-electron chi connectivity index (χ3n) is 11.1. The predicted molar refractivity (Wildman–Crippen MR) is 183 cm³/mol. The largest absolute Gasteiger partial charge is 0.461 e. The third-order valence-corrected chi connectivity index (χ3v) is 11.1. The smallest absolute Gasteiger partial charge is 0.418 e. The van der Waals surface area contributed by atoms with Gasteiger partial charge in [0.2, 0.25) is 0 Å². The van der Waals surface area contributed by atoms with Crippen LogP contribution in [0.3, 0.4) is 0 Å². The van der Waals surface area contributed by atoms with Crippen molar-refractivity contribution in [1.29, 1.82) is 0 Å². The van der Waals surface area contributed by atoms with Crippen LogP contribution in [0.1, 0.15) is 88.4 Å². The van der Waals surface area contributed by atoms with Gasteiger partial charge >= 0.3 is 12.2 Å². The summed E-state index contributed by atoms with van der Waals surface area (Å²) in [7, 11) is 1.77. The van der Waals surface area contributed by atoms with E-state index in [1.54, 1.807) is 11.9 Å². The lowest BCUT2D eigenvalue weighted by Crippen LogP contribution is -2.43. The van der Waals surface area contributed by atoms with Gasteiger partial charge in [-0.25, -0.2) is 4.39 Å². The number of rotatable bonds is 5. The zero-order valence-electron chi connectivity index (χ0n) is 29.2. The summed E-state index contributed by atoms with van der Waals surface area (Å²) in [5.41, 5.74) is 7.35. The number of halogens is 4. The van der Waals surface area contributed by atoms with Crippen LogP contribution in [0.25, 0.3) is 0 Å². The van der Waals surface area contributed by atoms with Gasteiger partial charge in [-0.1, -0.05) is 18.1 Å². The van der Waals surface area contributed by atoms with Crippen LogP contribution < -0.4 is 15.4 Å². The summed E-state index contributed by atoms with van der Waals surface area (Å²) in [5.74, 6) is 4.15. The molecule has 2 aromatic heterocycles. The number of benzene rings is 1. The standard InChI is InChI=1S/C37H40F4N8O3/c1-4-7-22-14-25(42)31(38)29(30(22)37(39,40)41)28-15-26-24(19-51-28)33(44-35(43-26)52-20-36-9-5-11-48(36)17-21(2)16-36)47-10-6-12-49-27(18-47)23-8-13-46(3)34(50)32(23)45-49/h14,28H,2,5-6,8-13,15-20,42H2,1,3H3/t28-,36-/m1/s1. The van der Waals surface area contributed by atoms with E-state index in [0.29, 0.717) is 68.4 Å². The van der Waals surface area contributed by atoms with E-state index in [4.69, 9.17) is 30.3 Å². The van der Waals surface area contributed by atoms with Crippen molar-refractivity contribution in [3.05, 3.63) is 68.9 Å². The maximum atomic E-state index is 15.8. The number of amides is 1. The van der Waals surface area contributed by atoms with Gasteiger partial charge in [0.15, 0.2) is 11.5 Å². The summed E-state index contributed by atoms with van der Waals surface area (Å²) in [6.45, 7) is 9.67. The lowest BCUT2D eigenvalue weighted by molar-refractivity contribution is -0.140. The molecule has 2 fully saturated rings. The Balaban J connectivity index is 1.20. The number of anilines is 2. The summed E-state index contributed by atoms with van der Waals surface area (Å²) in [6, 6.07) is 1.00. The van der Waals surface area contributed by atoms with Crippen LogP contribution >= 0.6 is 0 Å². The first kappa shape index (κ1) is 34.4. The highest BCUT2D eigenvalue weighted by Crippen LogP contribution is 2.45. The number of ether oxygens (including phenoxy) is 2. The normalized spacial score (nSPS) is 23.1. The number of nitrogens with two attached hydrogens (primary N) is 1. The number of alkyl halides is 3. The Hall–Kier alpha value is -4.68. The molecule has 1 amide bonds. The Bertz CT molecular complexity index is 2050. The quantitative estimate of drug-likeness (QED) is 0.172. The van der Waals surface area contributed by atoms with E-state index in [1.807, 2.05) is 4.68 Å². The molecule has 274 valence electrons. The topological polar surface area (TPSA) is 115 Å². The Labute approximate surface area is 298 Å². The maximum absolute atomic E-state index is 15.8. The highest BCUT2D eigenvalue weighted by atomic mass is 19.4. The minimum atomic E-state index is -4.93. The zero-order valence-corrected chi connectivity index (χ0v) is 29.2. The number of hydrogen-bond acceptors (Lipinski definition) is 9. The lowest BCUT2D eigenvalue weighted by Gasteiger charge is -2.33. The first-order chi connectivity index (χ1) is 24.9. The molecule has 1 aromatic carbocycles. The van der Waals surface area contributed by atoms with Crippen LogP contribution in [0.4, 0.5) is 29.1 Å². The average molecular weight is 721 g/mol. The molecule has 7 heterocycles. The number of nitrogen functional groups attached to an aromatic ring is 1. The highest BCUT2D eigenvalue weighted by Gasteiger charge is 2.47. The lowest BCUT2D eigenvalue weighted by atomic mass is 9.90. The molecule has 8 rings (SSSR count). The second-order valence-electron chi connectivity index (χ2n) is 14.5. The molecule has 2 N–H and O–H groups in total. The van der Waals surface area contributed by atoms with Gasteiger partial charge in [0.05, 0.1) is 47.4 Å². The van der Waals surface area contributed by atoms with Crippen molar-refractivity contribution in [3.8, 4) is 17.9 Å². The van der Waals surface area contributed by atoms with E-state index >= 15 is 4.39 Å². The van der Waals surface area contributed by atoms with E-state index < -0.39 is 40.5 Å². The third kappa shape index (κ3) is 5.76. The van der Waals surface area contributed by atoms with Crippen molar-refractivity contribution >= 4 is 17.4 Å². The van der Waals surface area contributed by atoms with Gasteiger partial charge in [-0.05, 0) is 51.6 Å². The Morgan fingerprint density at radius 3 is 2.77 bits per heavy atom. The molecule has 2 saturated heterocycles. The fourth-order valence-electron chi connectivity index (χ4n) is 8.67. The molecule has 11 nitrogen and oxygen atoms in total. The van der Waals surface area contributed by atoms with Gasteiger partial charge in [0, 0.05) is 61.9 Å². The van der Waals surface area contributed by atoms with Crippen molar-refractivity contribution in [3.63, 3.8) is 0 Å². The van der Waals surface area contributed by atoms with Crippen molar-refractivity contribution in [2.24, 2.45) is 0 Å². The second kappa shape index (κ2) is 12.8. The van der Waals surface area contributed by atoms with Crippen LogP contribution in [0.5, 0.6) is 6.01 Å². The summed E-state index contributed by atoms with van der Waals surface area (Å²) in [5, 5.41) is 4.69. The molecule has 0 spiro atoms. The van der Waals surface area contributed by atoms with Crippen LogP contribution in [0.15, 0.2) is 18.2 Å². The number of hydrogen-bond donors (Lipinski definition) is 1. The number of nitrogens with zero attached hydrogens (tertiary/aromatic N) is 7. The van der Waals surface area contributed by atoms with E-state index in [1.165, 1.54) is 6.92 Å². The van der Waals surface area contributed by atoms with Crippen LogP contribution in [0, 0.1) is 17.7 Å². The number of aryl methyl sites for hydroxylation is 1. The zero-order chi connectivity index (χ0) is 36.5. The molecule has 0 aliphatic carbocycles. The van der Waals surface area contributed by atoms with E-state index in [0.717, 1.165) is 55.2 Å². The molecule has 52 heavy (non-hydrogen) atoms. The van der Waals surface area contributed by atoms with Gasteiger partial charge < -0.3 is 25.0 Å². The number of likely N-dealkylation sites (N-methyl/N-ethyl adjacent to an activating group) is 1. The fraction of sp³-hybridized carbons (Fsp3) is 0.514. The molecular weight excluding hydrogens is 680 g/mol. The maximum Gasteiger partial charge on any atom is 0.418 e. The van der Waals surface area contributed by atoms with Crippen LogP contribution in [-0.4, -0.2) is 80.8 Å². The molecule has 5 aliphatic heterocycles. The molecule has 0 bridgehead atoms. The molecule has 0 unspecified atom stereocenters. The van der Waals surface area contributed by atoms with Crippen molar-refractivity contribution in [2.75, 3.05) is 50.5 Å². The van der Waals surface area contributed by atoms with Crippen molar-refractivity contribution < 1.29 is 31.8 Å². The number of carbonyl (C=O) groups is 1. The van der Waals surface area contributed by atoms with E-state index in [-0.39, 0.29) is 30.5 Å². The fourth-order valence-corrected chi connectivity index (χ4v) is 8.67. The molecule has 15 heteroatoms. The van der Waals surface area contributed by atoms with Gasteiger partial charge in [-0.3, -0.25) is 14.4 Å². The summed E-state index contributed by atoms with van der Waals surface area (Å²) in [6.07, 6.45) is -2.33. The first-order valence-electron chi connectivity index (χ1n) is 17.6. The predicted octanol–water partition coefficient (Wildman–Crippen LogP) is 4.81. The minimum Gasteiger partial charge on any atom is -0.461 e. The molecule has 0 radical (unpaired) electrons. The molecule has 5 aliphatic rings. The number of aromatic nitrogens is 4. The van der Waals surface area contributed by atoms with E-state index in [2.05, 4.69) is 28.2 Å². The van der Waals surface area contributed by atoms with E-state index in [9.17, 15) is 18.0 Å². The van der Waals surface area contributed by atoms with Crippen molar-refractivity contribution in [1.82, 2.24) is 29.5 Å². The SMILES string of the molecule is C=C1CN2CCC[C@]2(COc2nc3c(c(N4CCCn5nc6c(c5C4)CCN(C)C6=O)n2)CO[C@@H](c2c(F)c(N)cc(C#CC)c2C(F)(F)F)C3)C1. The molecule has 0 saturated carbocycles. The molecule has 2 atom stereocenters. The summed E-state index contributed by atoms with van der Waals surface area (Å²) in [4.78, 5) is 28.8. The number of carbonyl (C=O) groups excluding carboxylic acids is 1. The van der Waals surface area contributed by atoms with Gasteiger partial charge in [-0.2, -0.15) is 28.2 Å². The van der Waals surface area contributed by atoms with Gasteiger partial charge in [0.1, 0.15) is 12.4 Å². The molecule has 3 aromatic rings. The highest BCUT2D eigenvalue weighted by molar-refractivity contribution is 5.95. The summed E-state index contributed by atoms with van der Waals surface area (Å²) < 4.78 is 74.0. The first-order valence-corrected chi connectivity index (χ1v) is 17.6. The van der Waals surface area contributed by atoms with Crippen LogP contribution in [-0.2, 0) is 43.5 Å².